The van der Waals surface area contributed by atoms with Crippen LogP contribution in [-0.4, -0.2) is 25.4 Å². The van der Waals surface area contributed by atoms with Crippen LogP contribution in [0.1, 0.15) is 24.0 Å². The van der Waals surface area contributed by atoms with Gasteiger partial charge in [-0.2, -0.15) is 8.78 Å². The van der Waals surface area contributed by atoms with Gasteiger partial charge in [0.05, 0.1) is 0 Å². The third-order valence-corrected chi connectivity index (χ3v) is 3.58. The molecule has 1 aromatic rings. The summed E-state index contributed by atoms with van der Waals surface area (Å²) in [4.78, 5) is 12.8. The highest BCUT2D eigenvalue weighted by Gasteiger charge is 2.35. The maximum Gasteiger partial charge on any atom is 0.324 e. The summed E-state index contributed by atoms with van der Waals surface area (Å²) in [7, 11) is 2.03. The molecule has 0 unspecified atom stereocenters. The van der Waals surface area contributed by atoms with E-state index in [1.54, 1.807) is 0 Å². The third kappa shape index (κ3) is 3.03. The van der Waals surface area contributed by atoms with Gasteiger partial charge in [0.25, 0.3) is 5.91 Å². The minimum Gasteiger partial charge on any atom is -0.374 e. The third-order valence-electron chi connectivity index (χ3n) is 3.58. The summed E-state index contributed by atoms with van der Waals surface area (Å²) in [6.07, 6.45) is 1.67. The molecule has 0 radical (unpaired) electrons. The van der Waals surface area contributed by atoms with Gasteiger partial charge in [-0.05, 0) is 36.5 Å². The van der Waals surface area contributed by atoms with Crippen molar-refractivity contribution in [1.29, 1.82) is 0 Å². The zero-order valence-electron chi connectivity index (χ0n) is 11.0. The molecule has 2 rings (SSSR count). The number of rotatable bonds is 4. The molecule has 0 saturated heterocycles. The predicted molar refractivity (Wildman–Crippen MR) is 70.5 cm³/mol. The number of fused-ring (bicyclic) bond motifs is 1. The van der Waals surface area contributed by atoms with Crippen LogP contribution >= 0.6 is 0 Å². The summed E-state index contributed by atoms with van der Waals surface area (Å²) >= 11 is 0. The lowest BCUT2D eigenvalue weighted by atomic mass is 9.97. The van der Waals surface area contributed by atoms with E-state index in [0.717, 1.165) is 30.6 Å². The first-order valence-corrected chi connectivity index (χ1v) is 6.41. The number of carbonyl (C=O) groups is 1. The number of benzene rings is 1. The number of carbonyl (C=O) groups excluding carboxylic acids is 1. The van der Waals surface area contributed by atoms with Crippen molar-refractivity contribution in [3.8, 4) is 0 Å². The summed E-state index contributed by atoms with van der Waals surface area (Å²) in [6.45, 7) is 1.02. The van der Waals surface area contributed by atoms with Gasteiger partial charge >= 0.3 is 5.92 Å². The van der Waals surface area contributed by atoms with E-state index < -0.39 is 18.3 Å². The number of anilines is 1. The zero-order valence-corrected chi connectivity index (χ0v) is 11.0. The molecule has 19 heavy (non-hydrogen) atoms. The van der Waals surface area contributed by atoms with Gasteiger partial charge in [-0.15, -0.1) is 0 Å². The SMILES string of the molecule is CN1CCCc2cc(CCC(F)(F)C(N)=O)ccc21. The van der Waals surface area contributed by atoms with Crippen LogP contribution in [0, 0.1) is 0 Å². The van der Waals surface area contributed by atoms with Crippen molar-refractivity contribution in [3.63, 3.8) is 0 Å². The summed E-state index contributed by atoms with van der Waals surface area (Å²) in [5.41, 5.74) is 7.85. The fourth-order valence-electron chi connectivity index (χ4n) is 2.42. The molecule has 1 aliphatic rings. The smallest absolute Gasteiger partial charge is 0.324 e. The van der Waals surface area contributed by atoms with E-state index in [9.17, 15) is 13.6 Å². The Bertz CT molecular complexity index is 488. The maximum absolute atomic E-state index is 13.2. The largest absolute Gasteiger partial charge is 0.374 e. The highest BCUT2D eigenvalue weighted by Crippen LogP contribution is 2.28. The Balaban J connectivity index is 2.09. The molecule has 1 aromatic carbocycles. The van der Waals surface area contributed by atoms with Crippen LogP contribution in [0.4, 0.5) is 14.5 Å². The minimum atomic E-state index is -3.42. The number of hydrogen-bond donors (Lipinski definition) is 1. The zero-order chi connectivity index (χ0) is 14.0. The second-order valence-electron chi connectivity index (χ2n) is 5.06. The molecule has 0 spiro atoms. The van der Waals surface area contributed by atoms with E-state index in [1.807, 2.05) is 25.2 Å². The van der Waals surface area contributed by atoms with E-state index in [2.05, 4.69) is 10.6 Å². The Morgan fingerprint density at radius 2 is 2.21 bits per heavy atom. The van der Waals surface area contributed by atoms with Gasteiger partial charge in [-0.1, -0.05) is 12.1 Å². The van der Waals surface area contributed by atoms with E-state index in [0.29, 0.717) is 0 Å². The minimum absolute atomic E-state index is 0.160. The molecule has 0 aromatic heterocycles. The summed E-state index contributed by atoms with van der Waals surface area (Å²) in [6, 6.07) is 5.77. The van der Waals surface area contributed by atoms with Gasteiger partial charge in [0.2, 0.25) is 0 Å². The Morgan fingerprint density at radius 3 is 2.89 bits per heavy atom. The molecule has 1 heterocycles. The molecule has 3 nitrogen and oxygen atoms in total. The lowest BCUT2D eigenvalue weighted by molar-refractivity contribution is -0.142. The van der Waals surface area contributed by atoms with Gasteiger partial charge in [-0.3, -0.25) is 4.79 Å². The quantitative estimate of drug-likeness (QED) is 0.909. The number of primary amides is 1. The number of halogens is 2. The van der Waals surface area contributed by atoms with Crippen molar-refractivity contribution >= 4 is 11.6 Å². The average molecular weight is 268 g/mol. The van der Waals surface area contributed by atoms with E-state index in [-0.39, 0.29) is 6.42 Å². The Hall–Kier alpha value is -1.65. The van der Waals surface area contributed by atoms with Crippen molar-refractivity contribution in [2.75, 3.05) is 18.5 Å². The average Bonchev–Trinajstić information content (AvgIpc) is 2.36. The van der Waals surface area contributed by atoms with Gasteiger partial charge in [-0.25, -0.2) is 0 Å². The van der Waals surface area contributed by atoms with Crippen molar-refractivity contribution in [2.45, 2.75) is 31.6 Å². The van der Waals surface area contributed by atoms with Crippen LogP contribution in [0.2, 0.25) is 0 Å². The number of nitrogens with two attached hydrogens (primary N) is 1. The summed E-state index contributed by atoms with van der Waals surface area (Å²) in [5, 5.41) is 0. The van der Waals surface area contributed by atoms with Crippen LogP contribution in [0.15, 0.2) is 18.2 Å². The standard InChI is InChI=1S/C14H18F2N2O/c1-18-8-2-3-11-9-10(4-5-12(11)18)6-7-14(15,16)13(17)19/h4-5,9H,2-3,6-8H2,1H3,(H2,17,19). The van der Waals surface area contributed by atoms with E-state index in [1.165, 1.54) is 5.56 Å². The highest BCUT2D eigenvalue weighted by molar-refractivity contribution is 5.81. The van der Waals surface area contributed by atoms with Crippen molar-refractivity contribution in [3.05, 3.63) is 29.3 Å². The lowest BCUT2D eigenvalue weighted by Crippen LogP contribution is -2.35. The van der Waals surface area contributed by atoms with Crippen molar-refractivity contribution in [2.24, 2.45) is 5.73 Å². The molecule has 0 aliphatic carbocycles. The summed E-state index contributed by atoms with van der Waals surface area (Å²) < 4.78 is 26.3. The fourth-order valence-corrected chi connectivity index (χ4v) is 2.42. The molecule has 0 fully saturated rings. The second kappa shape index (κ2) is 5.15. The molecule has 104 valence electrons. The van der Waals surface area contributed by atoms with E-state index >= 15 is 0 Å². The molecular formula is C14H18F2N2O. The Labute approximate surface area is 111 Å². The number of alkyl halides is 2. The monoisotopic (exact) mass is 268 g/mol. The lowest BCUT2D eigenvalue weighted by Gasteiger charge is -2.28. The highest BCUT2D eigenvalue weighted by atomic mass is 19.3. The number of nitrogens with zero attached hydrogens (tertiary/aromatic N) is 1. The molecule has 1 aliphatic heterocycles. The Kier molecular flexibility index (Phi) is 3.73. The molecule has 1 amide bonds. The van der Waals surface area contributed by atoms with Gasteiger partial charge in [0.15, 0.2) is 0 Å². The number of aryl methyl sites for hydroxylation is 2. The first kappa shape index (κ1) is 13.8. The first-order valence-electron chi connectivity index (χ1n) is 6.41. The molecular weight excluding hydrogens is 250 g/mol. The van der Waals surface area contributed by atoms with Crippen molar-refractivity contribution < 1.29 is 13.6 Å². The Morgan fingerprint density at radius 1 is 1.47 bits per heavy atom. The van der Waals surface area contributed by atoms with E-state index in [4.69, 9.17) is 0 Å². The molecule has 2 N–H and O–H groups in total. The number of hydrogen-bond acceptors (Lipinski definition) is 2. The maximum atomic E-state index is 13.2. The van der Waals surface area contributed by atoms with Crippen LogP contribution < -0.4 is 10.6 Å². The predicted octanol–water partition coefficient (Wildman–Crippen LogP) is 2.12. The molecule has 5 heteroatoms. The topological polar surface area (TPSA) is 46.3 Å². The molecule has 0 bridgehead atoms. The molecule has 0 saturated carbocycles. The first-order chi connectivity index (χ1) is 8.90. The second-order valence-corrected chi connectivity index (χ2v) is 5.06. The normalized spacial score (nSPS) is 15.2. The number of amides is 1. The summed E-state index contributed by atoms with van der Waals surface area (Å²) in [5.74, 6) is -4.97. The van der Waals surface area contributed by atoms with Crippen LogP contribution in [0.25, 0.3) is 0 Å². The van der Waals surface area contributed by atoms with Crippen LogP contribution in [0.3, 0.4) is 0 Å². The molecule has 0 atom stereocenters. The van der Waals surface area contributed by atoms with Gasteiger partial charge in [0, 0.05) is 25.7 Å². The van der Waals surface area contributed by atoms with Gasteiger partial charge < -0.3 is 10.6 Å². The van der Waals surface area contributed by atoms with Crippen LogP contribution in [-0.2, 0) is 17.6 Å². The van der Waals surface area contributed by atoms with Crippen LogP contribution in [0.5, 0.6) is 0 Å². The van der Waals surface area contributed by atoms with Crippen molar-refractivity contribution in [1.82, 2.24) is 0 Å². The van der Waals surface area contributed by atoms with Gasteiger partial charge in [0.1, 0.15) is 0 Å². The fraction of sp³-hybridized carbons (Fsp3) is 0.500.